The Morgan fingerprint density at radius 1 is 1.38 bits per heavy atom. The van der Waals surface area contributed by atoms with E-state index in [4.69, 9.17) is 4.74 Å². The molecule has 0 atom stereocenters. The number of hydrazone groups is 1. The van der Waals surface area contributed by atoms with Crippen molar-refractivity contribution >= 4 is 12.1 Å². The molecule has 0 aliphatic carbocycles. The van der Waals surface area contributed by atoms with Gasteiger partial charge in [-0.25, -0.2) is 5.43 Å². The molecule has 0 saturated heterocycles. The molecule has 24 heavy (non-hydrogen) atoms. The van der Waals surface area contributed by atoms with E-state index >= 15 is 0 Å². The number of pyridine rings is 1. The van der Waals surface area contributed by atoms with Gasteiger partial charge in [-0.3, -0.25) is 9.59 Å². The minimum atomic E-state index is -0.586. The van der Waals surface area contributed by atoms with Crippen molar-refractivity contribution in [2.45, 2.75) is 19.9 Å². The van der Waals surface area contributed by atoms with Crippen LogP contribution in [-0.4, -0.2) is 28.9 Å². The van der Waals surface area contributed by atoms with Crippen LogP contribution in [-0.2, 0) is 0 Å². The fourth-order valence-electron chi connectivity index (χ4n) is 2.09. The van der Waals surface area contributed by atoms with Gasteiger partial charge >= 0.3 is 0 Å². The molecule has 2 aromatic rings. The third-order valence-corrected chi connectivity index (χ3v) is 3.36. The van der Waals surface area contributed by atoms with Gasteiger partial charge in [-0.15, -0.1) is 0 Å². The zero-order valence-corrected chi connectivity index (χ0v) is 13.7. The van der Waals surface area contributed by atoms with Crippen molar-refractivity contribution in [3.63, 3.8) is 0 Å². The maximum absolute atomic E-state index is 12.2. The topological polar surface area (TPSA) is 92.9 Å². The van der Waals surface area contributed by atoms with Crippen molar-refractivity contribution in [3.8, 4) is 11.5 Å². The van der Waals surface area contributed by atoms with Crippen LogP contribution < -0.4 is 15.7 Å². The van der Waals surface area contributed by atoms with E-state index < -0.39 is 5.91 Å². The standard InChI is InChI=1S/C17H19N3O4/c1-11(2)20-8-4-5-13(17(20)23)16(22)19-18-10-12-6-7-14(21)15(9-12)24-3/h4-11,21H,1-3H3,(H,19,22)/b18-10-. The monoisotopic (exact) mass is 329 g/mol. The Balaban J connectivity index is 2.14. The van der Waals surface area contributed by atoms with Gasteiger partial charge < -0.3 is 14.4 Å². The first-order valence-corrected chi connectivity index (χ1v) is 7.35. The summed E-state index contributed by atoms with van der Waals surface area (Å²) in [5.74, 6) is -0.276. The van der Waals surface area contributed by atoms with Crippen molar-refractivity contribution in [1.82, 2.24) is 9.99 Å². The first-order chi connectivity index (χ1) is 11.4. The summed E-state index contributed by atoms with van der Waals surface area (Å²) in [4.78, 5) is 24.3. The van der Waals surface area contributed by atoms with Crippen LogP contribution >= 0.6 is 0 Å². The molecule has 2 N–H and O–H groups in total. The van der Waals surface area contributed by atoms with E-state index in [9.17, 15) is 14.7 Å². The molecule has 7 nitrogen and oxygen atoms in total. The lowest BCUT2D eigenvalue weighted by Crippen LogP contribution is -2.31. The molecule has 1 aromatic carbocycles. The second kappa shape index (κ2) is 7.45. The van der Waals surface area contributed by atoms with Gasteiger partial charge in [0.15, 0.2) is 11.5 Å². The number of rotatable bonds is 5. The van der Waals surface area contributed by atoms with Crippen LogP contribution in [0.2, 0.25) is 0 Å². The molecule has 0 radical (unpaired) electrons. The van der Waals surface area contributed by atoms with Crippen LogP contribution in [0.25, 0.3) is 0 Å². The number of nitrogens with zero attached hydrogens (tertiary/aromatic N) is 2. The Hall–Kier alpha value is -3.09. The van der Waals surface area contributed by atoms with Crippen molar-refractivity contribution in [2.24, 2.45) is 5.10 Å². The minimum Gasteiger partial charge on any atom is -0.504 e. The number of nitrogens with one attached hydrogen (secondary N) is 1. The number of hydrogen-bond acceptors (Lipinski definition) is 5. The lowest BCUT2D eigenvalue weighted by Gasteiger charge is -2.10. The molecule has 126 valence electrons. The largest absolute Gasteiger partial charge is 0.504 e. The van der Waals surface area contributed by atoms with Gasteiger partial charge in [0.25, 0.3) is 11.5 Å². The molecule has 0 spiro atoms. The third kappa shape index (κ3) is 3.81. The average Bonchev–Trinajstić information content (AvgIpc) is 2.56. The summed E-state index contributed by atoms with van der Waals surface area (Å²) in [5, 5.41) is 13.4. The number of aromatic nitrogens is 1. The van der Waals surface area contributed by atoms with Crippen molar-refractivity contribution in [2.75, 3.05) is 7.11 Å². The Morgan fingerprint density at radius 3 is 2.79 bits per heavy atom. The highest BCUT2D eigenvalue weighted by Crippen LogP contribution is 2.25. The highest BCUT2D eigenvalue weighted by atomic mass is 16.5. The molecule has 1 aromatic heterocycles. The number of methoxy groups -OCH3 is 1. The van der Waals surface area contributed by atoms with Crippen molar-refractivity contribution < 1.29 is 14.6 Å². The summed E-state index contributed by atoms with van der Waals surface area (Å²) in [7, 11) is 1.44. The van der Waals surface area contributed by atoms with Gasteiger partial charge in [0.05, 0.1) is 13.3 Å². The summed E-state index contributed by atoms with van der Waals surface area (Å²) in [6.07, 6.45) is 3.03. The molecule has 0 unspecified atom stereocenters. The summed E-state index contributed by atoms with van der Waals surface area (Å²) in [6.45, 7) is 3.72. The lowest BCUT2D eigenvalue weighted by molar-refractivity contribution is 0.0953. The maximum atomic E-state index is 12.2. The van der Waals surface area contributed by atoms with Gasteiger partial charge in [0, 0.05) is 12.2 Å². The molecule has 0 bridgehead atoms. The minimum absolute atomic E-state index is 0.0113. The van der Waals surface area contributed by atoms with E-state index in [-0.39, 0.29) is 22.9 Å². The number of aromatic hydroxyl groups is 1. The predicted octanol–water partition coefficient (Wildman–Crippen LogP) is 1.91. The Bertz CT molecular complexity index is 825. The van der Waals surface area contributed by atoms with Crippen molar-refractivity contribution in [3.05, 3.63) is 58.0 Å². The smallest absolute Gasteiger partial charge is 0.276 e. The Kier molecular flexibility index (Phi) is 5.36. The van der Waals surface area contributed by atoms with Crippen LogP contribution in [0.5, 0.6) is 11.5 Å². The van der Waals surface area contributed by atoms with Crippen LogP contribution in [0, 0.1) is 0 Å². The third-order valence-electron chi connectivity index (χ3n) is 3.36. The van der Waals surface area contributed by atoms with Crippen LogP contribution in [0.3, 0.4) is 0 Å². The second-order valence-electron chi connectivity index (χ2n) is 5.36. The SMILES string of the molecule is COc1cc(/C=N\NC(=O)c2cccn(C(C)C)c2=O)ccc1O. The number of carbonyl (C=O) groups excluding carboxylic acids is 1. The normalized spacial score (nSPS) is 11.0. The first-order valence-electron chi connectivity index (χ1n) is 7.35. The first kappa shape index (κ1) is 17.3. The number of phenolic OH excluding ortho intramolecular Hbond substituents is 1. The molecule has 7 heteroatoms. The number of hydrogen-bond donors (Lipinski definition) is 2. The van der Waals surface area contributed by atoms with Crippen molar-refractivity contribution in [1.29, 1.82) is 0 Å². The Morgan fingerprint density at radius 2 is 2.12 bits per heavy atom. The van der Waals surface area contributed by atoms with Gasteiger partial charge in [-0.1, -0.05) is 0 Å². The molecule has 0 saturated carbocycles. The predicted molar refractivity (Wildman–Crippen MR) is 90.8 cm³/mol. The number of benzene rings is 1. The number of ether oxygens (including phenoxy) is 1. The van der Waals surface area contributed by atoms with E-state index in [0.717, 1.165) is 0 Å². The summed E-state index contributed by atoms with van der Waals surface area (Å²) in [6, 6.07) is 7.69. The van der Waals surface area contributed by atoms with Crippen LogP contribution in [0.4, 0.5) is 0 Å². The molecular weight excluding hydrogens is 310 g/mol. The fourth-order valence-corrected chi connectivity index (χ4v) is 2.09. The van der Waals surface area contributed by atoms with E-state index in [1.807, 2.05) is 13.8 Å². The average molecular weight is 329 g/mol. The number of carbonyl (C=O) groups is 1. The zero-order valence-electron chi connectivity index (χ0n) is 13.7. The molecule has 1 heterocycles. The summed E-state index contributed by atoms with van der Waals surface area (Å²) < 4.78 is 6.47. The number of phenols is 1. The zero-order chi connectivity index (χ0) is 17.7. The van der Waals surface area contributed by atoms with Gasteiger partial charge in [0.1, 0.15) is 5.56 Å². The van der Waals surface area contributed by atoms with E-state index in [0.29, 0.717) is 11.3 Å². The maximum Gasteiger partial charge on any atom is 0.276 e. The highest BCUT2D eigenvalue weighted by Gasteiger charge is 2.12. The molecule has 0 aliphatic rings. The van der Waals surface area contributed by atoms with Gasteiger partial charge in [-0.05, 0) is 49.7 Å². The van der Waals surface area contributed by atoms with Crippen LogP contribution in [0.1, 0.15) is 35.8 Å². The molecular formula is C17H19N3O4. The highest BCUT2D eigenvalue weighted by molar-refractivity contribution is 5.94. The van der Waals surface area contributed by atoms with Gasteiger partial charge in [-0.2, -0.15) is 5.10 Å². The molecule has 2 rings (SSSR count). The van der Waals surface area contributed by atoms with E-state index in [1.54, 1.807) is 24.4 Å². The van der Waals surface area contributed by atoms with Gasteiger partial charge in [0.2, 0.25) is 0 Å². The Labute approximate surface area is 139 Å². The van der Waals surface area contributed by atoms with Crippen LogP contribution in [0.15, 0.2) is 46.4 Å². The number of amides is 1. The summed E-state index contributed by atoms with van der Waals surface area (Å²) in [5.41, 5.74) is 2.59. The molecule has 0 fully saturated rings. The quantitative estimate of drug-likeness (QED) is 0.647. The fraction of sp³-hybridized carbons (Fsp3) is 0.235. The molecule has 1 amide bonds. The van der Waals surface area contributed by atoms with E-state index in [2.05, 4.69) is 10.5 Å². The summed E-state index contributed by atoms with van der Waals surface area (Å²) >= 11 is 0. The second-order valence-corrected chi connectivity index (χ2v) is 5.36. The lowest BCUT2D eigenvalue weighted by atomic mass is 10.2. The molecule has 0 aliphatic heterocycles. The van der Waals surface area contributed by atoms with E-state index in [1.165, 1.54) is 30.0 Å².